The van der Waals surface area contributed by atoms with Gasteiger partial charge in [-0.1, -0.05) is 0 Å². The maximum absolute atomic E-state index is 13.1. The van der Waals surface area contributed by atoms with E-state index in [0.29, 0.717) is 12.1 Å². The fourth-order valence-corrected chi connectivity index (χ4v) is 4.04. The van der Waals surface area contributed by atoms with Gasteiger partial charge < -0.3 is 14.4 Å². The van der Waals surface area contributed by atoms with Crippen LogP contribution in [-0.4, -0.2) is 50.9 Å². The van der Waals surface area contributed by atoms with E-state index in [4.69, 9.17) is 0 Å². The number of aromatic nitrogens is 1. The van der Waals surface area contributed by atoms with Crippen LogP contribution in [0.4, 0.5) is 0 Å². The number of pyridine rings is 1. The lowest BCUT2D eigenvalue weighted by molar-refractivity contribution is -0.147. The highest BCUT2D eigenvalue weighted by molar-refractivity contribution is 5.99. The molecule has 0 aromatic carbocycles. The van der Waals surface area contributed by atoms with E-state index in [1.165, 1.54) is 10.6 Å². The van der Waals surface area contributed by atoms with Gasteiger partial charge in [-0.05, 0) is 45.6 Å². The zero-order valence-corrected chi connectivity index (χ0v) is 14.6. The highest BCUT2D eigenvalue weighted by Gasteiger charge is 2.53. The van der Waals surface area contributed by atoms with E-state index >= 15 is 0 Å². The van der Waals surface area contributed by atoms with Crippen molar-refractivity contribution in [3.63, 3.8) is 0 Å². The van der Waals surface area contributed by atoms with Gasteiger partial charge in [-0.25, -0.2) is 0 Å². The van der Waals surface area contributed by atoms with Crippen molar-refractivity contribution in [1.82, 2.24) is 14.4 Å². The van der Waals surface area contributed by atoms with Gasteiger partial charge in [0.2, 0.25) is 11.5 Å². The summed E-state index contributed by atoms with van der Waals surface area (Å²) >= 11 is 0. The minimum Gasteiger partial charge on any atom is -0.338 e. The van der Waals surface area contributed by atoms with Crippen molar-refractivity contribution < 1.29 is 9.59 Å². The third-order valence-corrected chi connectivity index (χ3v) is 5.34. The molecule has 1 aromatic rings. The summed E-state index contributed by atoms with van der Waals surface area (Å²) in [5.41, 5.74) is -0.385. The van der Waals surface area contributed by atoms with Crippen molar-refractivity contribution in [2.75, 3.05) is 13.1 Å². The van der Waals surface area contributed by atoms with E-state index < -0.39 is 5.54 Å². The summed E-state index contributed by atoms with van der Waals surface area (Å²) < 4.78 is 1.40. The molecule has 2 aliphatic heterocycles. The average Bonchev–Trinajstić information content (AvgIpc) is 2.96. The Hall–Kier alpha value is -2.11. The maximum atomic E-state index is 13.1. The first-order valence-corrected chi connectivity index (χ1v) is 8.66. The fraction of sp³-hybridized carbons (Fsp3) is 0.611. The van der Waals surface area contributed by atoms with Crippen LogP contribution in [0.5, 0.6) is 0 Å². The number of nitrogens with zero attached hydrogens (tertiary/aromatic N) is 3. The second-order valence-electron chi connectivity index (χ2n) is 7.15. The molecule has 1 aromatic heterocycles. The summed E-state index contributed by atoms with van der Waals surface area (Å²) in [6.07, 6.45) is 4.78. The van der Waals surface area contributed by atoms with Gasteiger partial charge in [-0.2, -0.15) is 0 Å². The molecule has 1 unspecified atom stereocenters. The Morgan fingerprint density at radius 1 is 1.12 bits per heavy atom. The Labute approximate surface area is 142 Å². The summed E-state index contributed by atoms with van der Waals surface area (Å²) in [5, 5.41) is 0. The molecule has 2 fully saturated rings. The highest BCUT2D eigenvalue weighted by Crippen LogP contribution is 2.39. The van der Waals surface area contributed by atoms with Crippen molar-refractivity contribution in [2.45, 2.75) is 51.1 Å². The Morgan fingerprint density at radius 2 is 1.79 bits per heavy atom. The lowest BCUT2D eigenvalue weighted by atomic mass is 9.84. The van der Waals surface area contributed by atoms with E-state index in [2.05, 4.69) is 0 Å². The van der Waals surface area contributed by atoms with E-state index in [1.807, 2.05) is 18.7 Å². The van der Waals surface area contributed by atoms with Gasteiger partial charge >= 0.3 is 0 Å². The minimum atomic E-state index is -0.700. The van der Waals surface area contributed by atoms with Crippen LogP contribution in [0.15, 0.2) is 23.1 Å². The first-order chi connectivity index (χ1) is 11.4. The number of hydrogen-bond donors (Lipinski definition) is 0. The Kier molecular flexibility index (Phi) is 4.24. The van der Waals surface area contributed by atoms with Crippen molar-refractivity contribution in [2.24, 2.45) is 7.05 Å². The number of rotatable bonds is 2. The van der Waals surface area contributed by atoms with Crippen LogP contribution in [0.2, 0.25) is 0 Å². The minimum absolute atomic E-state index is 0.0828. The third kappa shape index (κ3) is 2.54. The number of piperidine rings is 1. The van der Waals surface area contributed by atoms with Crippen LogP contribution in [0.1, 0.15) is 49.9 Å². The molecular weight excluding hydrogens is 306 g/mol. The molecule has 0 bridgehead atoms. The largest absolute Gasteiger partial charge is 0.338 e. The molecule has 1 spiro atoms. The smallest absolute Gasteiger partial charge is 0.256 e. The Balaban J connectivity index is 1.94. The van der Waals surface area contributed by atoms with E-state index in [9.17, 15) is 14.4 Å². The van der Waals surface area contributed by atoms with Crippen molar-refractivity contribution >= 4 is 11.8 Å². The summed E-state index contributed by atoms with van der Waals surface area (Å²) in [5.74, 6) is -0.0681. The van der Waals surface area contributed by atoms with Gasteiger partial charge in [0.25, 0.3) is 5.91 Å². The van der Waals surface area contributed by atoms with E-state index in [-0.39, 0.29) is 23.4 Å². The Bertz CT molecular complexity index is 724. The molecule has 6 nitrogen and oxygen atoms in total. The van der Waals surface area contributed by atoms with Crippen LogP contribution in [0.25, 0.3) is 0 Å². The predicted molar refractivity (Wildman–Crippen MR) is 90.8 cm³/mol. The average molecular weight is 331 g/mol. The molecule has 0 aliphatic carbocycles. The number of amides is 2. The first-order valence-electron chi connectivity index (χ1n) is 8.66. The summed E-state index contributed by atoms with van der Waals surface area (Å²) in [7, 11) is 1.63. The molecule has 3 heterocycles. The number of likely N-dealkylation sites (tertiary alicyclic amines) is 2. The highest BCUT2D eigenvalue weighted by atomic mass is 16.2. The molecule has 0 saturated carbocycles. The third-order valence-electron chi connectivity index (χ3n) is 5.34. The van der Waals surface area contributed by atoms with Crippen LogP contribution in [-0.2, 0) is 11.8 Å². The molecule has 3 rings (SSSR count). The molecule has 2 aliphatic rings. The van der Waals surface area contributed by atoms with Crippen LogP contribution < -0.4 is 5.56 Å². The molecule has 24 heavy (non-hydrogen) atoms. The molecule has 2 amide bonds. The molecule has 6 heteroatoms. The van der Waals surface area contributed by atoms with Crippen LogP contribution in [0, 0.1) is 0 Å². The molecular formula is C18H25N3O3. The quantitative estimate of drug-likeness (QED) is 0.823. The molecule has 0 radical (unpaired) electrons. The summed E-state index contributed by atoms with van der Waals surface area (Å²) in [4.78, 5) is 41.4. The van der Waals surface area contributed by atoms with Gasteiger partial charge in [0.05, 0.1) is 5.56 Å². The maximum Gasteiger partial charge on any atom is 0.256 e. The van der Waals surface area contributed by atoms with Crippen molar-refractivity contribution in [1.29, 1.82) is 0 Å². The second-order valence-corrected chi connectivity index (χ2v) is 7.15. The first kappa shape index (κ1) is 16.7. The molecule has 130 valence electrons. The number of carbonyl (C=O) groups excluding carboxylic acids is 2. The SMILES string of the molecule is CC(C)N1CCCC2(CCCN2C(=O)c2ccc(=O)n(C)c2)C1=O. The lowest BCUT2D eigenvalue weighted by Crippen LogP contribution is -2.62. The normalized spacial score (nSPS) is 24.2. The number of aryl methyl sites for hydroxylation is 1. The lowest BCUT2D eigenvalue weighted by Gasteiger charge is -2.46. The van der Waals surface area contributed by atoms with Crippen molar-refractivity contribution in [3.8, 4) is 0 Å². The van der Waals surface area contributed by atoms with E-state index in [0.717, 1.165) is 32.2 Å². The van der Waals surface area contributed by atoms with Crippen LogP contribution >= 0.6 is 0 Å². The number of hydrogen-bond acceptors (Lipinski definition) is 3. The van der Waals surface area contributed by atoms with Crippen molar-refractivity contribution in [3.05, 3.63) is 34.2 Å². The Morgan fingerprint density at radius 3 is 2.42 bits per heavy atom. The molecule has 2 saturated heterocycles. The zero-order chi connectivity index (χ0) is 17.5. The topological polar surface area (TPSA) is 62.6 Å². The molecule has 0 N–H and O–H groups in total. The monoisotopic (exact) mass is 331 g/mol. The summed E-state index contributed by atoms with van der Waals surface area (Å²) in [6, 6.07) is 3.10. The van der Waals surface area contributed by atoms with Gasteiger partial charge in [0.1, 0.15) is 5.54 Å². The van der Waals surface area contributed by atoms with Gasteiger partial charge in [-0.15, -0.1) is 0 Å². The molecule has 1 atom stereocenters. The predicted octanol–water partition coefficient (Wildman–Crippen LogP) is 1.39. The second kappa shape index (κ2) is 6.07. The number of carbonyl (C=O) groups is 2. The van der Waals surface area contributed by atoms with Gasteiger partial charge in [-0.3, -0.25) is 14.4 Å². The van der Waals surface area contributed by atoms with Gasteiger partial charge in [0.15, 0.2) is 0 Å². The van der Waals surface area contributed by atoms with Crippen LogP contribution in [0.3, 0.4) is 0 Å². The van der Waals surface area contributed by atoms with E-state index in [1.54, 1.807) is 24.2 Å². The zero-order valence-electron chi connectivity index (χ0n) is 14.6. The summed E-state index contributed by atoms with van der Waals surface area (Å²) in [6.45, 7) is 5.40. The van der Waals surface area contributed by atoms with Gasteiger partial charge in [0, 0.05) is 38.4 Å². The fourth-order valence-electron chi connectivity index (χ4n) is 4.04. The standard InChI is InChI=1S/C18H25N3O3/c1-13(2)20-10-4-8-18(17(20)24)9-5-11-21(18)16(23)14-6-7-15(22)19(3)12-14/h6-7,12-13H,4-5,8-11H2,1-3H3.